The third kappa shape index (κ3) is 3.82. The standard InChI is InChI=1S/C12H19ClN4/c1-2-17-5-3-10(4-6-17)8-14-11-7-12(13)16-15-9-11/h7,9-10H,2-6,8H2,1H3,(H,14,16). The Balaban J connectivity index is 1.76. The molecule has 0 unspecified atom stereocenters. The highest BCUT2D eigenvalue weighted by Crippen LogP contribution is 2.18. The number of rotatable bonds is 4. The molecule has 4 nitrogen and oxygen atoms in total. The highest BCUT2D eigenvalue weighted by molar-refractivity contribution is 6.29. The van der Waals surface area contributed by atoms with Gasteiger partial charge in [-0.3, -0.25) is 0 Å². The number of piperidine rings is 1. The van der Waals surface area contributed by atoms with E-state index in [0.717, 1.165) is 18.2 Å². The summed E-state index contributed by atoms with van der Waals surface area (Å²) in [5.41, 5.74) is 0.961. The molecule has 1 fully saturated rings. The Hall–Kier alpha value is -0.870. The van der Waals surface area contributed by atoms with Crippen molar-refractivity contribution in [2.75, 3.05) is 31.5 Å². The van der Waals surface area contributed by atoms with Gasteiger partial charge in [0.05, 0.1) is 11.9 Å². The van der Waals surface area contributed by atoms with E-state index in [0.29, 0.717) is 5.15 Å². The lowest BCUT2D eigenvalue weighted by molar-refractivity contribution is 0.198. The van der Waals surface area contributed by atoms with Crippen LogP contribution in [0.2, 0.25) is 5.15 Å². The van der Waals surface area contributed by atoms with E-state index in [1.54, 1.807) is 6.20 Å². The molecule has 0 saturated carbocycles. The van der Waals surface area contributed by atoms with Gasteiger partial charge in [-0.05, 0) is 38.4 Å². The smallest absolute Gasteiger partial charge is 0.153 e. The van der Waals surface area contributed by atoms with Crippen LogP contribution in [0.4, 0.5) is 5.69 Å². The molecule has 0 aliphatic carbocycles. The largest absolute Gasteiger partial charge is 0.383 e. The van der Waals surface area contributed by atoms with E-state index < -0.39 is 0 Å². The number of hydrogen-bond donors (Lipinski definition) is 1. The van der Waals surface area contributed by atoms with Crippen LogP contribution < -0.4 is 5.32 Å². The molecule has 2 heterocycles. The maximum absolute atomic E-state index is 5.78. The van der Waals surface area contributed by atoms with Crippen molar-refractivity contribution in [3.05, 3.63) is 17.4 Å². The van der Waals surface area contributed by atoms with Crippen LogP contribution >= 0.6 is 11.6 Å². The van der Waals surface area contributed by atoms with Gasteiger partial charge < -0.3 is 10.2 Å². The molecule has 0 atom stereocenters. The maximum Gasteiger partial charge on any atom is 0.153 e. The Labute approximate surface area is 107 Å². The SMILES string of the molecule is CCN1CCC(CNc2cnnc(Cl)c2)CC1. The first-order valence-electron chi connectivity index (χ1n) is 6.22. The molecule has 1 aromatic rings. The molecule has 94 valence electrons. The molecular weight excluding hydrogens is 236 g/mol. The van der Waals surface area contributed by atoms with Crippen molar-refractivity contribution in [2.24, 2.45) is 5.92 Å². The second-order valence-corrected chi connectivity index (χ2v) is 4.91. The van der Waals surface area contributed by atoms with Crippen molar-refractivity contribution < 1.29 is 0 Å². The lowest BCUT2D eigenvalue weighted by Crippen LogP contribution is -2.35. The highest BCUT2D eigenvalue weighted by Gasteiger charge is 2.17. The zero-order valence-electron chi connectivity index (χ0n) is 10.2. The minimum absolute atomic E-state index is 0.441. The first-order valence-corrected chi connectivity index (χ1v) is 6.60. The third-order valence-corrected chi connectivity index (χ3v) is 3.56. The zero-order chi connectivity index (χ0) is 12.1. The maximum atomic E-state index is 5.78. The van der Waals surface area contributed by atoms with Gasteiger partial charge in [0.2, 0.25) is 0 Å². The molecule has 17 heavy (non-hydrogen) atoms. The minimum Gasteiger partial charge on any atom is -0.383 e. The predicted molar refractivity (Wildman–Crippen MR) is 70.4 cm³/mol. The molecule has 0 amide bonds. The zero-order valence-corrected chi connectivity index (χ0v) is 11.0. The molecule has 1 N–H and O–H groups in total. The molecule has 1 aliphatic heterocycles. The quantitative estimate of drug-likeness (QED) is 0.895. The molecule has 0 aromatic carbocycles. The van der Waals surface area contributed by atoms with Crippen molar-refractivity contribution >= 4 is 17.3 Å². The monoisotopic (exact) mass is 254 g/mol. The first-order chi connectivity index (χ1) is 8.28. The second kappa shape index (κ2) is 6.17. The van der Waals surface area contributed by atoms with Crippen LogP contribution in [-0.2, 0) is 0 Å². The Bertz CT molecular complexity index is 350. The van der Waals surface area contributed by atoms with Gasteiger partial charge in [-0.1, -0.05) is 18.5 Å². The molecule has 0 bridgehead atoms. The summed E-state index contributed by atoms with van der Waals surface area (Å²) >= 11 is 5.78. The van der Waals surface area contributed by atoms with Gasteiger partial charge in [-0.25, -0.2) is 0 Å². The molecule has 0 spiro atoms. The van der Waals surface area contributed by atoms with E-state index >= 15 is 0 Å². The summed E-state index contributed by atoms with van der Waals surface area (Å²) in [6, 6.07) is 1.82. The number of halogens is 1. The van der Waals surface area contributed by atoms with Crippen molar-refractivity contribution in [1.29, 1.82) is 0 Å². The van der Waals surface area contributed by atoms with E-state index in [-0.39, 0.29) is 0 Å². The highest BCUT2D eigenvalue weighted by atomic mass is 35.5. The van der Waals surface area contributed by atoms with Gasteiger partial charge in [-0.2, -0.15) is 5.10 Å². The van der Waals surface area contributed by atoms with E-state index in [1.165, 1.54) is 32.5 Å². The summed E-state index contributed by atoms with van der Waals surface area (Å²) in [5.74, 6) is 0.754. The first kappa shape index (κ1) is 12.6. The molecule has 1 aliphatic rings. The van der Waals surface area contributed by atoms with Gasteiger partial charge in [0, 0.05) is 12.6 Å². The number of anilines is 1. The fourth-order valence-corrected chi connectivity index (χ4v) is 2.37. The fourth-order valence-electron chi connectivity index (χ4n) is 2.21. The van der Waals surface area contributed by atoms with E-state index in [4.69, 9.17) is 11.6 Å². The van der Waals surface area contributed by atoms with Crippen LogP contribution in [-0.4, -0.2) is 41.3 Å². The van der Waals surface area contributed by atoms with E-state index in [2.05, 4.69) is 27.3 Å². The third-order valence-electron chi connectivity index (χ3n) is 3.37. The Morgan fingerprint density at radius 3 is 2.88 bits per heavy atom. The van der Waals surface area contributed by atoms with Crippen LogP contribution in [0, 0.1) is 5.92 Å². The van der Waals surface area contributed by atoms with Crippen molar-refractivity contribution in [1.82, 2.24) is 15.1 Å². The Morgan fingerprint density at radius 1 is 1.47 bits per heavy atom. The Kier molecular flexibility index (Phi) is 4.57. The van der Waals surface area contributed by atoms with Gasteiger partial charge in [0.1, 0.15) is 0 Å². The summed E-state index contributed by atoms with van der Waals surface area (Å²) in [6.07, 6.45) is 4.26. The van der Waals surface area contributed by atoms with E-state index in [1.807, 2.05) is 6.07 Å². The molecular formula is C12H19ClN4. The number of aromatic nitrogens is 2. The molecule has 1 aromatic heterocycles. The van der Waals surface area contributed by atoms with Crippen LogP contribution in [0.3, 0.4) is 0 Å². The van der Waals surface area contributed by atoms with Crippen molar-refractivity contribution in [2.45, 2.75) is 19.8 Å². The molecule has 2 rings (SSSR count). The second-order valence-electron chi connectivity index (χ2n) is 4.53. The number of hydrogen-bond acceptors (Lipinski definition) is 4. The average molecular weight is 255 g/mol. The number of nitrogens with zero attached hydrogens (tertiary/aromatic N) is 3. The summed E-state index contributed by atoms with van der Waals surface area (Å²) < 4.78 is 0. The summed E-state index contributed by atoms with van der Waals surface area (Å²) in [7, 11) is 0. The van der Waals surface area contributed by atoms with Crippen LogP contribution in [0.5, 0.6) is 0 Å². The Morgan fingerprint density at radius 2 is 2.24 bits per heavy atom. The van der Waals surface area contributed by atoms with Gasteiger partial charge >= 0.3 is 0 Å². The lowest BCUT2D eigenvalue weighted by Gasteiger charge is -2.31. The van der Waals surface area contributed by atoms with Crippen LogP contribution in [0.25, 0.3) is 0 Å². The topological polar surface area (TPSA) is 41.0 Å². The predicted octanol–water partition coefficient (Wildman–Crippen LogP) is 2.27. The fraction of sp³-hybridized carbons (Fsp3) is 0.667. The summed E-state index contributed by atoms with van der Waals surface area (Å²) in [6.45, 7) is 6.84. The molecule has 1 saturated heterocycles. The van der Waals surface area contributed by atoms with Gasteiger partial charge in [0.15, 0.2) is 5.15 Å². The molecule has 5 heteroatoms. The summed E-state index contributed by atoms with van der Waals surface area (Å²) in [5, 5.41) is 11.4. The summed E-state index contributed by atoms with van der Waals surface area (Å²) in [4.78, 5) is 2.50. The van der Waals surface area contributed by atoms with E-state index in [9.17, 15) is 0 Å². The number of likely N-dealkylation sites (tertiary alicyclic amines) is 1. The molecule has 0 radical (unpaired) electrons. The van der Waals surface area contributed by atoms with Crippen molar-refractivity contribution in [3.8, 4) is 0 Å². The van der Waals surface area contributed by atoms with Crippen LogP contribution in [0.15, 0.2) is 12.3 Å². The number of nitrogens with one attached hydrogen (secondary N) is 1. The van der Waals surface area contributed by atoms with Crippen LogP contribution in [0.1, 0.15) is 19.8 Å². The normalized spacial score (nSPS) is 18.2. The lowest BCUT2D eigenvalue weighted by atomic mass is 9.97. The van der Waals surface area contributed by atoms with Gasteiger partial charge in [0.25, 0.3) is 0 Å². The van der Waals surface area contributed by atoms with Gasteiger partial charge in [-0.15, -0.1) is 5.10 Å². The average Bonchev–Trinajstić information content (AvgIpc) is 2.37. The minimum atomic E-state index is 0.441. The van der Waals surface area contributed by atoms with Crippen molar-refractivity contribution in [3.63, 3.8) is 0 Å².